The van der Waals surface area contributed by atoms with Gasteiger partial charge in [-0.25, -0.2) is 8.42 Å². The highest BCUT2D eigenvalue weighted by Crippen LogP contribution is 2.43. The van der Waals surface area contributed by atoms with E-state index in [1.54, 1.807) is 24.3 Å². The van der Waals surface area contributed by atoms with Gasteiger partial charge in [-0.1, -0.05) is 55.5 Å². The maximum Gasteiger partial charge on any atom is 0.189 e. The third-order valence-electron chi connectivity index (χ3n) is 3.75. The molecule has 2 nitrogen and oxygen atoms in total. The molecule has 20 heavy (non-hydrogen) atoms. The normalized spacial score (nSPS) is 17.6. The Morgan fingerprint density at radius 2 is 1.60 bits per heavy atom. The summed E-state index contributed by atoms with van der Waals surface area (Å²) in [5.41, 5.74) is 2.89. The summed E-state index contributed by atoms with van der Waals surface area (Å²) in [5, 5.41) is -0.536. The van der Waals surface area contributed by atoms with Crippen molar-refractivity contribution in [2.75, 3.05) is 0 Å². The molecule has 1 unspecified atom stereocenters. The van der Waals surface area contributed by atoms with Crippen LogP contribution < -0.4 is 0 Å². The second-order valence-electron chi connectivity index (χ2n) is 4.94. The molecule has 0 spiro atoms. The summed E-state index contributed by atoms with van der Waals surface area (Å²) in [6.45, 7) is 2.01. The summed E-state index contributed by atoms with van der Waals surface area (Å²) in [7, 11) is -3.38. The molecule has 1 aliphatic rings. The second-order valence-corrected chi connectivity index (χ2v) is 6.97. The fraction of sp³-hybridized carbons (Fsp3) is 0.176. The van der Waals surface area contributed by atoms with E-state index in [1.807, 2.05) is 43.3 Å². The van der Waals surface area contributed by atoms with Gasteiger partial charge < -0.3 is 0 Å². The first kappa shape index (κ1) is 13.1. The number of fused-ring (bicyclic) bond motifs is 1. The van der Waals surface area contributed by atoms with Crippen LogP contribution in [0.3, 0.4) is 0 Å². The average molecular weight is 284 g/mol. The van der Waals surface area contributed by atoms with E-state index in [0.717, 1.165) is 23.1 Å². The van der Waals surface area contributed by atoms with Crippen molar-refractivity contribution >= 4 is 15.9 Å². The first-order valence-corrected chi connectivity index (χ1v) is 8.27. The van der Waals surface area contributed by atoms with Gasteiger partial charge in [-0.15, -0.1) is 0 Å². The van der Waals surface area contributed by atoms with Crippen LogP contribution in [-0.2, 0) is 9.84 Å². The lowest BCUT2D eigenvalue weighted by Gasteiger charge is -2.17. The summed E-state index contributed by atoms with van der Waals surface area (Å²) in [6.07, 6.45) is 2.76. The monoisotopic (exact) mass is 284 g/mol. The summed E-state index contributed by atoms with van der Waals surface area (Å²) in [5.74, 6) is 0. The van der Waals surface area contributed by atoms with Crippen LogP contribution in [0.15, 0.2) is 65.1 Å². The van der Waals surface area contributed by atoms with Crippen molar-refractivity contribution < 1.29 is 8.42 Å². The van der Waals surface area contributed by atoms with Gasteiger partial charge >= 0.3 is 0 Å². The molecule has 0 amide bonds. The fourth-order valence-electron chi connectivity index (χ4n) is 2.76. The van der Waals surface area contributed by atoms with Crippen LogP contribution in [0.4, 0.5) is 0 Å². The van der Waals surface area contributed by atoms with Crippen LogP contribution >= 0.6 is 0 Å². The first-order chi connectivity index (χ1) is 9.64. The molecule has 0 bridgehead atoms. The predicted molar refractivity (Wildman–Crippen MR) is 81.1 cm³/mol. The number of benzene rings is 2. The summed E-state index contributed by atoms with van der Waals surface area (Å²) >= 11 is 0. The van der Waals surface area contributed by atoms with Gasteiger partial charge in [0.1, 0.15) is 5.25 Å². The Hall–Kier alpha value is -1.87. The number of hydrogen-bond acceptors (Lipinski definition) is 2. The minimum absolute atomic E-state index is 0.390. The minimum atomic E-state index is -3.38. The Labute approximate surface area is 119 Å². The molecule has 0 radical (unpaired) electrons. The number of sulfone groups is 1. The van der Waals surface area contributed by atoms with Gasteiger partial charge in [0.25, 0.3) is 0 Å². The average Bonchev–Trinajstić information content (AvgIpc) is 2.87. The quantitative estimate of drug-likeness (QED) is 0.853. The van der Waals surface area contributed by atoms with Crippen molar-refractivity contribution in [3.8, 4) is 0 Å². The number of rotatable bonds is 3. The molecule has 0 aliphatic heterocycles. The van der Waals surface area contributed by atoms with Gasteiger partial charge in [0.2, 0.25) is 0 Å². The zero-order chi connectivity index (χ0) is 14.2. The van der Waals surface area contributed by atoms with Gasteiger partial charge in [0.15, 0.2) is 9.84 Å². The maximum atomic E-state index is 12.9. The van der Waals surface area contributed by atoms with Gasteiger partial charge in [-0.05, 0) is 35.3 Å². The van der Waals surface area contributed by atoms with E-state index in [2.05, 4.69) is 0 Å². The molecule has 0 fully saturated rings. The van der Waals surface area contributed by atoms with Crippen LogP contribution in [0.1, 0.15) is 29.7 Å². The summed E-state index contributed by atoms with van der Waals surface area (Å²) in [6, 6.07) is 16.4. The third-order valence-corrected chi connectivity index (χ3v) is 5.85. The van der Waals surface area contributed by atoms with Gasteiger partial charge in [0.05, 0.1) is 4.90 Å². The molecule has 1 atom stereocenters. The topological polar surface area (TPSA) is 34.1 Å². The Kier molecular flexibility index (Phi) is 3.22. The molecule has 0 N–H and O–H groups in total. The van der Waals surface area contributed by atoms with E-state index < -0.39 is 15.1 Å². The molecule has 3 heteroatoms. The third kappa shape index (κ3) is 1.98. The Bertz CT molecular complexity index is 759. The molecule has 0 heterocycles. The first-order valence-electron chi connectivity index (χ1n) is 6.73. The van der Waals surface area contributed by atoms with E-state index in [9.17, 15) is 8.42 Å². The van der Waals surface area contributed by atoms with Crippen LogP contribution in [-0.4, -0.2) is 8.42 Å². The lowest BCUT2D eigenvalue weighted by atomic mass is 10.1. The van der Waals surface area contributed by atoms with E-state index in [0.29, 0.717) is 4.90 Å². The molecular formula is C17H16O2S. The van der Waals surface area contributed by atoms with Crippen molar-refractivity contribution in [1.29, 1.82) is 0 Å². The maximum absolute atomic E-state index is 12.9. The second kappa shape index (κ2) is 4.91. The lowest BCUT2D eigenvalue weighted by molar-refractivity contribution is 0.588. The Balaban J connectivity index is 2.17. The van der Waals surface area contributed by atoms with E-state index in [4.69, 9.17) is 0 Å². The van der Waals surface area contributed by atoms with E-state index >= 15 is 0 Å². The molecule has 0 saturated heterocycles. The van der Waals surface area contributed by atoms with Crippen LogP contribution in [0, 0.1) is 0 Å². The summed E-state index contributed by atoms with van der Waals surface area (Å²) < 4.78 is 25.9. The van der Waals surface area contributed by atoms with Gasteiger partial charge in [0, 0.05) is 0 Å². The molecule has 2 aromatic rings. The Morgan fingerprint density at radius 1 is 0.950 bits per heavy atom. The van der Waals surface area contributed by atoms with Crippen LogP contribution in [0.5, 0.6) is 0 Å². The molecular weight excluding hydrogens is 268 g/mol. The van der Waals surface area contributed by atoms with E-state index in [-0.39, 0.29) is 0 Å². The minimum Gasteiger partial charge on any atom is -0.223 e. The summed E-state index contributed by atoms with van der Waals surface area (Å²) in [4.78, 5) is 0.390. The highest BCUT2D eigenvalue weighted by molar-refractivity contribution is 7.92. The van der Waals surface area contributed by atoms with Crippen molar-refractivity contribution in [2.24, 2.45) is 0 Å². The largest absolute Gasteiger partial charge is 0.223 e. The fourth-order valence-corrected chi connectivity index (χ4v) is 4.75. The molecule has 1 aliphatic carbocycles. The van der Waals surface area contributed by atoms with Crippen molar-refractivity contribution in [1.82, 2.24) is 0 Å². The predicted octanol–water partition coefficient (Wildman–Crippen LogP) is 4.01. The number of hydrogen-bond donors (Lipinski definition) is 0. The molecule has 0 saturated carbocycles. The van der Waals surface area contributed by atoms with Crippen molar-refractivity contribution in [3.05, 3.63) is 71.3 Å². The van der Waals surface area contributed by atoms with Crippen LogP contribution in [0.2, 0.25) is 0 Å². The van der Waals surface area contributed by atoms with Crippen molar-refractivity contribution in [3.63, 3.8) is 0 Å². The molecule has 102 valence electrons. The highest BCUT2D eigenvalue weighted by Gasteiger charge is 2.35. The Morgan fingerprint density at radius 3 is 2.30 bits per heavy atom. The SMILES string of the molecule is CCC1=Cc2ccccc2C1S(=O)(=O)c1ccccc1. The molecule has 0 aromatic heterocycles. The van der Waals surface area contributed by atoms with E-state index in [1.165, 1.54) is 0 Å². The standard InChI is InChI=1S/C17H16O2S/c1-2-13-12-14-8-6-7-11-16(14)17(13)20(18,19)15-9-4-3-5-10-15/h3-12,17H,2H2,1H3. The lowest BCUT2D eigenvalue weighted by Crippen LogP contribution is -2.14. The zero-order valence-corrected chi connectivity index (χ0v) is 12.1. The molecule has 3 rings (SSSR count). The van der Waals surface area contributed by atoms with Gasteiger partial charge in [-0.3, -0.25) is 0 Å². The van der Waals surface area contributed by atoms with Crippen LogP contribution in [0.25, 0.3) is 6.08 Å². The van der Waals surface area contributed by atoms with Gasteiger partial charge in [-0.2, -0.15) is 0 Å². The zero-order valence-electron chi connectivity index (χ0n) is 11.3. The smallest absolute Gasteiger partial charge is 0.189 e. The van der Waals surface area contributed by atoms with Crippen molar-refractivity contribution in [2.45, 2.75) is 23.5 Å². The highest BCUT2D eigenvalue weighted by atomic mass is 32.2. The molecule has 2 aromatic carbocycles.